The van der Waals surface area contributed by atoms with Crippen LogP contribution in [0.4, 0.5) is 0 Å². The summed E-state index contributed by atoms with van der Waals surface area (Å²) in [4.78, 5) is 27.6. The van der Waals surface area contributed by atoms with Gasteiger partial charge in [-0.15, -0.1) is 0 Å². The zero-order valence-corrected chi connectivity index (χ0v) is 13.7. The highest BCUT2D eigenvalue weighted by molar-refractivity contribution is 6.35. The Morgan fingerprint density at radius 2 is 1.85 bits per heavy atom. The van der Waals surface area contributed by atoms with Crippen molar-refractivity contribution >= 4 is 28.8 Å². The van der Waals surface area contributed by atoms with Gasteiger partial charge in [-0.3, -0.25) is 14.6 Å². The average molecular weight is 348 g/mol. The first kappa shape index (κ1) is 17.1. The molecule has 0 saturated carbocycles. The molecule has 0 atom stereocenters. The number of aromatic hydroxyl groups is 1. The lowest BCUT2D eigenvalue weighted by molar-refractivity contribution is -0.139. The number of hydrogen-bond acceptors (Lipinski definition) is 5. The molecule has 0 aliphatic carbocycles. The van der Waals surface area contributed by atoms with Gasteiger partial charge in [0.1, 0.15) is 5.75 Å². The molecule has 1 aromatic heterocycles. The van der Waals surface area contributed by atoms with E-state index in [2.05, 4.69) is 20.8 Å². The number of hydrogen-bond donors (Lipinski definition) is 3. The number of amides is 2. The summed E-state index contributed by atoms with van der Waals surface area (Å²) in [5.41, 5.74) is 3.24. The number of phenolic OH excluding ortho intramolecular Hbond substituents is 1. The first-order valence-corrected chi connectivity index (χ1v) is 7.87. The van der Waals surface area contributed by atoms with Gasteiger partial charge in [0.25, 0.3) is 0 Å². The first-order chi connectivity index (χ1) is 12.6. The molecule has 7 nitrogen and oxygen atoms in total. The van der Waals surface area contributed by atoms with Crippen LogP contribution in [0, 0.1) is 0 Å². The molecule has 7 heteroatoms. The van der Waals surface area contributed by atoms with Crippen LogP contribution in [0.1, 0.15) is 11.3 Å². The molecular formula is C19H16N4O3. The minimum absolute atomic E-state index is 0.0290. The predicted molar refractivity (Wildman–Crippen MR) is 97.4 cm³/mol. The van der Waals surface area contributed by atoms with Gasteiger partial charge >= 0.3 is 11.8 Å². The smallest absolute Gasteiger partial charge is 0.329 e. The second-order valence-corrected chi connectivity index (χ2v) is 5.42. The van der Waals surface area contributed by atoms with Gasteiger partial charge in [-0.1, -0.05) is 36.4 Å². The van der Waals surface area contributed by atoms with Crippen LogP contribution in [0.25, 0.3) is 10.8 Å². The van der Waals surface area contributed by atoms with E-state index in [1.165, 1.54) is 6.21 Å². The third-order valence-electron chi connectivity index (χ3n) is 3.67. The molecule has 0 aliphatic rings. The van der Waals surface area contributed by atoms with Crippen molar-refractivity contribution in [1.82, 2.24) is 15.7 Å². The molecule has 2 amide bonds. The molecule has 0 saturated heterocycles. The highest BCUT2D eigenvalue weighted by Gasteiger charge is 2.12. The zero-order valence-electron chi connectivity index (χ0n) is 13.7. The summed E-state index contributed by atoms with van der Waals surface area (Å²) in [6, 6.07) is 16.1. The van der Waals surface area contributed by atoms with Crippen LogP contribution in [-0.2, 0) is 16.1 Å². The number of aromatic nitrogens is 1. The number of rotatable bonds is 4. The van der Waals surface area contributed by atoms with Crippen LogP contribution in [0.15, 0.2) is 65.9 Å². The summed E-state index contributed by atoms with van der Waals surface area (Å²) < 4.78 is 0. The first-order valence-electron chi connectivity index (χ1n) is 7.87. The molecule has 3 rings (SSSR count). The number of pyridine rings is 1. The van der Waals surface area contributed by atoms with Crippen molar-refractivity contribution in [2.45, 2.75) is 6.54 Å². The lowest BCUT2D eigenvalue weighted by Gasteiger charge is -2.05. The Bertz CT molecular complexity index is 971. The summed E-state index contributed by atoms with van der Waals surface area (Å²) in [6.45, 7) is 0.140. The van der Waals surface area contributed by atoms with Gasteiger partial charge < -0.3 is 10.4 Å². The normalized spacial score (nSPS) is 10.8. The van der Waals surface area contributed by atoms with E-state index in [4.69, 9.17) is 0 Å². The van der Waals surface area contributed by atoms with Crippen molar-refractivity contribution in [1.29, 1.82) is 0 Å². The minimum Gasteiger partial charge on any atom is -0.507 e. The number of nitrogens with one attached hydrogen (secondary N) is 2. The number of carbonyl (C=O) groups excluding carboxylic acids is 2. The monoisotopic (exact) mass is 348 g/mol. The summed E-state index contributed by atoms with van der Waals surface area (Å²) >= 11 is 0. The molecule has 3 N–H and O–H groups in total. The summed E-state index contributed by atoms with van der Waals surface area (Å²) in [6.07, 6.45) is 2.91. The summed E-state index contributed by atoms with van der Waals surface area (Å²) in [7, 11) is 0. The maximum Gasteiger partial charge on any atom is 0.329 e. The van der Waals surface area contributed by atoms with Crippen LogP contribution in [0.3, 0.4) is 0 Å². The van der Waals surface area contributed by atoms with Crippen molar-refractivity contribution in [2.24, 2.45) is 5.10 Å². The standard InChI is InChI=1S/C19H16N4O3/c24-17-9-8-13-5-1-2-7-15(13)16(17)12-22-23-19(26)18(25)21-11-14-6-3-4-10-20-14/h1-10,12,24H,11H2,(H,21,25)(H,23,26)/b22-12-. The van der Waals surface area contributed by atoms with E-state index in [9.17, 15) is 14.7 Å². The number of phenols is 1. The molecule has 0 fully saturated rings. The zero-order chi connectivity index (χ0) is 18.4. The van der Waals surface area contributed by atoms with Crippen LogP contribution >= 0.6 is 0 Å². The highest BCUT2D eigenvalue weighted by Crippen LogP contribution is 2.25. The Kier molecular flexibility index (Phi) is 5.19. The summed E-state index contributed by atoms with van der Waals surface area (Å²) in [5.74, 6) is -1.70. The molecule has 1 heterocycles. The van der Waals surface area contributed by atoms with Crippen molar-refractivity contribution in [3.63, 3.8) is 0 Å². The van der Waals surface area contributed by atoms with E-state index in [1.807, 2.05) is 24.3 Å². The lowest BCUT2D eigenvalue weighted by Crippen LogP contribution is -2.37. The van der Waals surface area contributed by atoms with Gasteiger partial charge in [-0.25, -0.2) is 5.43 Å². The minimum atomic E-state index is -0.906. The largest absolute Gasteiger partial charge is 0.507 e. The fourth-order valence-electron chi connectivity index (χ4n) is 2.38. The lowest BCUT2D eigenvalue weighted by atomic mass is 10.0. The van der Waals surface area contributed by atoms with Crippen molar-refractivity contribution in [2.75, 3.05) is 0 Å². The molecule has 2 aromatic carbocycles. The van der Waals surface area contributed by atoms with Gasteiger partial charge in [0, 0.05) is 11.8 Å². The van der Waals surface area contributed by atoms with E-state index < -0.39 is 11.8 Å². The van der Waals surface area contributed by atoms with E-state index in [1.54, 1.807) is 36.5 Å². The van der Waals surface area contributed by atoms with Gasteiger partial charge in [0.05, 0.1) is 18.5 Å². The molecule has 3 aromatic rings. The Morgan fingerprint density at radius 3 is 2.65 bits per heavy atom. The Balaban J connectivity index is 1.62. The van der Waals surface area contributed by atoms with Crippen molar-refractivity contribution in [3.8, 4) is 5.75 Å². The van der Waals surface area contributed by atoms with Crippen LogP contribution in [0.5, 0.6) is 5.75 Å². The fraction of sp³-hybridized carbons (Fsp3) is 0.0526. The molecule has 130 valence electrons. The molecule has 0 aliphatic heterocycles. The van der Waals surface area contributed by atoms with E-state index in [-0.39, 0.29) is 12.3 Å². The van der Waals surface area contributed by atoms with E-state index in [0.29, 0.717) is 11.3 Å². The maximum atomic E-state index is 11.8. The molecule has 0 spiro atoms. The summed E-state index contributed by atoms with van der Waals surface area (Å²) in [5, 5.41) is 17.9. The number of nitrogens with zero attached hydrogens (tertiary/aromatic N) is 2. The Hall–Kier alpha value is -3.74. The van der Waals surface area contributed by atoms with Crippen LogP contribution in [0.2, 0.25) is 0 Å². The predicted octanol–water partition coefficient (Wildman–Crippen LogP) is 1.71. The third-order valence-corrected chi connectivity index (χ3v) is 3.67. The van der Waals surface area contributed by atoms with Gasteiger partial charge in [-0.2, -0.15) is 5.10 Å². The quantitative estimate of drug-likeness (QED) is 0.379. The highest BCUT2D eigenvalue weighted by atomic mass is 16.3. The Morgan fingerprint density at radius 1 is 1.04 bits per heavy atom. The molecule has 0 radical (unpaired) electrons. The van der Waals surface area contributed by atoms with Gasteiger partial charge in [0.15, 0.2) is 0 Å². The molecule has 0 unspecified atom stereocenters. The van der Waals surface area contributed by atoms with Crippen LogP contribution < -0.4 is 10.7 Å². The second-order valence-electron chi connectivity index (χ2n) is 5.42. The number of benzene rings is 2. The number of fused-ring (bicyclic) bond motifs is 1. The van der Waals surface area contributed by atoms with Crippen LogP contribution in [-0.4, -0.2) is 28.1 Å². The van der Waals surface area contributed by atoms with Gasteiger partial charge in [-0.05, 0) is 29.0 Å². The third kappa shape index (κ3) is 4.02. The topological polar surface area (TPSA) is 104 Å². The molecule has 26 heavy (non-hydrogen) atoms. The molecular weight excluding hydrogens is 332 g/mol. The second kappa shape index (κ2) is 7.89. The fourth-order valence-corrected chi connectivity index (χ4v) is 2.38. The number of carbonyl (C=O) groups is 2. The molecule has 0 bridgehead atoms. The Labute approximate surface area is 149 Å². The van der Waals surface area contributed by atoms with E-state index in [0.717, 1.165) is 10.8 Å². The van der Waals surface area contributed by atoms with Crippen molar-refractivity contribution < 1.29 is 14.7 Å². The maximum absolute atomic E-state index is 11.8. The SMILES string of the molecule is O=C(NCc1ccccn1)C(=O)N/N=C\c1c(O)ccc2ccccc12. The van der Waals surface area contributed by atoms with Crippen molar-refractivity contribution in [3.05, 3.63) is 72.1 Å². The van der Waals surface area contributed by atoms with E-state index >= 15 is 0 Å². The van der Waals surface area contributed by atoms with Gasteiger partial charge in [0.2, 0.25) is 0 Å². The number of hydrazone groups is 1. The average Bonchev–Trinajstić information content (AvgIpc) is 2.68.